The summed E-state index contributed by atoms with van der Waals surface area (Å²) in [6.07, 6.45) is 1.23. The average Bonchev–Trinajstić information content (AvgIpc) is 2.92. The highest BCUT2D eigenvalue weighted by Crippen LogP contribution is 2.49. The summed E-state index contributed by atoms with van der Waals surface area (Å²) < 4.78 is -0.782. The average molecular weight is 657 g/mol. The Morgan fingerprint density at radius 3 is 1.26 bits per heavy atom. The molecule has 0 aliphatic carbocycles. The molecule has 0 radical (unpaired) electrons. The fourth-order valence-corrected chi connectivity index (χ4v) is 8.17. The molecule has 0 bridgehead atoms. The zero-order chi connectivity index (χ0) is 28.2. The first-order valence-electron chi connectivity index (χ1n) is 12.5. The quantitative estimate of drug-likeness (QED) is 0.153. The lowest BCUT2D eigenvalue weighted by atomic mass is 9.78. The predicted molar refractivity (Wildman–Crippen MR) is 175 cm³/mol. The minimum atomic E-state index is -0.492. The smallest absolute Gasteiger partial charge is 0.0900 e. The van der Waals surface area contributed by atoms with Gasteiger partial charge < -0.3 is 0 Å². The van der Waals surface area contributed by atoms with Crippen molar-refractivity contribution in [1.29, 1.82) is 0 Å². The highest BCUT2D eigenvalue weighted by molar-refractivity contribution is 8.02. The van der Waals surface area contributed by atoms with Gasteiger partial charge in [-0.15, -0.1) is 35.0 Å². The Labute approximate surface area is 265 Å². The molecule has 0 heterocycles. The van der Waals surface area contributed by atoms with E-state index in [1.807, 2.05) is 60.7 Å². The first kappa shape index (κ1) is 30.9. The number of hydrogen-bond acceptors (Lipinski definition) is 1. The molecule has 7 heteroatoms. The highest BCUT2D eigenvalue weighted by atomic mass is 35.5. The largest absolute Gasteiger partial charge is 0.121 e. The van der Waals surface area contributed by atoms with Gasteiger partial charge in [-0.05, 0) is 59.4 Å². The Morgan fingerprint density at radius 1 is 0.564 bits per heavy atom. The molecule has 0 aliphatic heterocycles. The lowest BCUT2D eigenvalue weighted by Crippen LogP contribution is -2.39. The topological polar surface area (TPSA) is 0 Å². The molecule has 0 saturated carbocycles. The molecule has 39 heavy (non-hydrogen) atoms. The van der Waals surface area contributed by atoms with Crippen LogP contribution in [0.25, 0.3) is 0 Å². The molecule has 0 spiro atoms. The van der Waals surface area contributed by atoms with E-state index in [1.165, 1.54) is 0 Å². The van der Waals surface area contributed by atoms with E-state index in [0.717, 1.165) is 22.3 Å². The number of halogens is 6. The van der Waals surface area contributed by atoms with Crippen LogP contribution in [0.3, 0.4) is 0 Å². The Kier molecular flexibility index (Phi) is 10.5. The third-order valence-electron chi connectivity index (χ3n) is 7.25. The lowest BCUT2D eigenvalue weighted by Gasteiger charge is -2.40. The summed E-state index contributed by atoms with van der Waals surface area (Å²) in [6.45, 7) is 4.33. The second kappa shape index (κ2) is 13.3. The van der Waals surface area contributed by atoms with Gasteiger partial charge in [0.2, 0.25) is 0 Å². The summed E-state index contributed by atoms with van der Waals surface area (Å²) in [4.78, 5) is 0. The molecule has 0 fully saturated rings. The van der Waals surface area contributed by atoms with Gasteiger partial charge in [0.05, 0.1) is 9.42 Å². The van der Waals surface area contributed by atoms with E-state index in [-0.39, 0.29) is 0 Å². The van der Waals surface area contributed by atoms with Crippen molar-refractivity contribution in [2.45, 2.75) is 46.9 Å². The predicted octanol–water partition coefficient (Wildman–Crippen LogP) is 11.9. The summed E-state index contributed by atoms with van der Waals surface area (Å²) in [7, 11) is 0. The fraction of sp³-hybridized carbons (Fsp3) is 0.250. The van der Waals surface area contributed by atoms with Crippen molar-refractivity contribution in [3.05, 3.63) is 139 Å². The summed E-state index contributed by atoms with van der Waals surface area (Å²) >= 11 is 41.9. The van der Waals surface area contributed by atoms with Crippen LogP contribution in [-0.2, 0) is 23.7 Å². The molecule has 0 amide bonds. The zero-order valence-electron chi connectivity index (χ0n) is 21.5. The molecule has 204 valence electrons. The number of thioether (sulfide) groups is 1. The minimum Gasteiger partial charge on any atom is -0.121 e. The number of benzene rings is 4. The highest BCUT2D eigenvalue weighted by Gasteiger charge is 2.43. The first-order valence-corrected chi connectivity index (χ1v) is 15.8. The van der Waals surface area contributed by atoms with Crippen molar-refractivity contribution in [2.24, 2.45) is 0 Å². The van der Waals surface area contributed by atoms with Crippen molar-refractivity contribution < 1.29 is 0 Å². The third kappa shape index (κ3) is 7.25. The summed E-state index contributed by atoms with van der Waals surface area (Å²) in [6, 6.07) is 31.7. The maximum Gasteiger partial charge on any atom is 0.0900 e. The molecule has 4 aromatic rings. The molecule has 4 unspecified atom stereocenters. The van der Waals surface area contributed by atoms with Crippen LogP contribution in [-0.4, -0.2) is 9.42 Å². The van der Waals surface area contributed by atoms with Gasteiger partial charge in [-0.2, -0.15) is 0 Å². The van der Waals surface area contributed by atoms with Crippen LogP contribution in [0.15, 0.2) is 97.1 Å². The van der Waals surface area contributed by atoms with Crippen LogP contribution in [0.4, 0.5) is 0 Å². The van der Waals surface area contributed by atoms with Crippen molar-refractivity contribution in [2.75, 3.05) is 0 Å². The number of rotatable bonds is 10. The van der Waals surface area contributed by atoms with Crippen LogP contribution in [0.5, 0.6) is 0 Å². The van der Waals surface area contributed by atoms with Gasteiger partial charge >= 0.3 is 0 Å². The fourth-order valence-electron chi connectivity index (χ4n) is 4.79. The van der Waals surface area contributed by atoms with Gasteiger partial charge in [0, 0.05) is 30.9 Å². The minimum absolute atomic E-state index is 0.391. The number of hydrogen-bond donors (Lipinski definition) is 0. The Balaban J connectivity index is 1.70. The van der Waals surface area contributed by atoms with Crippen molar-refractivity contribution in [1.82, 2.24) is 0 Å². The number of alkyl halides is 2. The van der Waals surface area contributed by atoms with Crippen LogP contribution in [0.2, 0.25) is 20.1 Å². The molecule has 4 aromatic carbocycles. The molecule has 0 saturated heterocycles. The van der Waals surface area contributed by atoms with E-state index < -0.39 is 20.2 Å². The summed E-state index contributed by atoms with van der Waals surface area (Å²) in [5.74, 6) is 0. The normalized spacial score (nSPS) is 16.2. The van der Waals surface area contributed by atoms with E-state index in [1.54, 1.807) is 23.9 Å². The Hall–Kier alpha value is -1.03. The van der Waals surface area contributed by atoms with E-state index in [9.17, 15) is 0 Å². The van der Waals surface area contributed by atoms with Crippen molar-refractivity contribution >= 4 is 81.4 Å². The molecule has 4 rings (SSSR count). The zero-order valence-corrected chi connectivity index (χ0v) is 26.8. The van der Waals surface area contributed by atoms with Gasteiger partial charge in [-0.1, -0.05) is 133 Å². The van der Waals surface area contributed by atoms with Gasteiger partial charge in [0.25, 0.3) is 0 Å². The standard InChI is InChI=1S/C32H28Cl6S/c1-31(23-9-5-3-6-10-23,19-21-13-15-25(33)17-27(21)35)29(37)39-30(38)32(2,24-11-7-4-8-12-24)20-22-14-16-26(34)18-28(22)36/h3-18,29-30H,19-20H2,1-2H3. The van der Waals surface area contributed by atoms with E-state index in [4.69, 9.17) is 69.6 Å². The van der Waals surface area contributed by atoms with Gasteiger partial charge in [-0.3, -0.25) is 0 Å². The van der Waals surface area contributed by atoms with Gasteiger partial charge in [-0.25, -0.2) is 0 Å². The van der Waals surface area contributed by atoms with Crippen LogP contribution in [0, 0.1) is 0 Å². The van der Waals surface area contributed by atoms with E-state index in [0.29, 0.717) is 32.9 Å². The van der Waals surface area contributed by atoms with Crippen molar-refractivity contribution in [3.8, 4) is 0 Å². The molecule has 0 nitrogen and oxygen atoms in total. The molecular formula is C32H28Cl6S. The van der Waals surface area contributed by atoms with Crippen LogP contribution >= 0.6 is 81.4 Å². The second-order valence-electron chi connectivity index (χ2n) is 10.2. The Bertz CT molecular complexity index is 1290. The van der Waals surface area contributed by atoms with Gasteiger partial charge in [0.15, 0.2) is 0 Å². The van der Waals surface area contributed by atoms with Crippen LogP contribution < -0.4 is 0 Å². The molecule has 0 aliphatic rings. The SMILES string of the molecule is CC(Cc1ccc(Cl)cc1Cl)(c1ccccc1)C(Cl)SC(Cl)C(C)(Cc1ccc(Cl)cc1Cl)c1ccccc1. The van der Waals surface area contributed by atoms with E-state index in [2.05, 4.69) is 38.1 Å². The molecule has 0 N–H and O–H groups in total. The molecule has 4 atom stereocenters. The second-order valence-corrected chi connectivity index (χ2v) is 14.5. The summed E-state index contributed by atoms with van der Waals surface area (Å²) in [5.41, 5.74) is 3.18. The molecule has 0 aromatic heterocycles. The lowest BCUT2D eigenvalue weighted by molar-refractivity contribution is 0.492. The first-order chi connectivity index (χ1) is 18.5. The maximum absolute atomic E-state index is 7.37. The molecular weight excluding hydrogens is 629 g/mol. The Morgan fingerprint density at radius 2 is 0.923 bits per heavy atom. The van der Waals surface area contributed by atoms with Gasteiger partial charge in [0.1, 0.15) is 0 Å². The van der Waals surface area contributed by atoms with Crippen LogP contribution in [0.1, 0.15) is 36.1 Å². The third-order valence-corrected chi connectivity index (χ3v) is 11.5. The van der Waals surface area contributed by atoms with E-state index >= 15 is 0 Å². The monoisotopic (exact) mass is 654 g/mol. The van der Waals surface area contributed by atoms with Crippen molar-refractivity contribution in [3.63, 3.8) is 0 Å². The summed E-state index contributed by atoms with van der Waals surface area (Å²) in [5, 5.41) is 2.43. The maximum atomic E-state index is 7.37.